The lowest BCUT2D eigenvalue weighted by Crippen LogP contribution is -2.23. The van der Waals surface area contributed by atoms with Crippen molar-refractivity contribution in [2.24, 2.45) is 0 Å². The quantitative estimate of drug-likeness (QED) is 0.296. The standard InChI is InChI=1S/C27H24ClFN8O3/c1-14(20-11-36-10-16(15-2-3-15)8-17(26(36)32-20)22-4-5-23(38)40-22)37-12-21(33-34-37)27(39)30-9-19-25-24(29)18(28)6-7-35(25)13-31-19/h6-8,10-15,22H,2-5,9H2,1H3,(H,30,39). The molecule has 11 nitrogen and oxygen atoms in total. The summed E-state index contributed by atoms with van der Waals surface area (Å²) in [6, 6.07) is 3.23. The van der Waals surface area contributed by atoms with Crippen LogP contribution in [-0.4, -0.2) is 45.6 Å². The number of nitrogens with one attached hydrogen (secondary N) is 1. The minimum Gasteiger partial charge on any atom is -0.457 e. The molecular formula is C27H24ClFN8O3. The molecular weight excluding hydrogens is 539 g/mol. The maximum atomic E-state index is 14.5. The van der Waals surface area contributed by atoms with Gasteiger partial charge in [-0.15, -0.1) is 5.10 Å². The molecule has 1 aliphatic carbocycles. The van der Waals surface area contributed by atoms with Gasteiger partial charge in [0.1, 0.15) is 17.3 Å². The van der Waals surface area contributed by atoms with Crippen LogP contribution in [0.25, 0.3) is 11.2 Å². The Kier molecular flexibility index (Phi) is 5.81. The molecule has 2 fully saturated rings. The Hall–Kier alpha value is -4.32. The van der Waals surface area contributed by atoms with Gasteiger partial charge in [0.15, 0.2) is 11.5 Å². The molecule has 7 rings (SSSR count). The number of cyclic esters (lactones) is 1. The van der Waals surface area contributed by atoms with E-state index in [1.54, 1.807) is 17.1 Å². The Bertz CT molecular complexity index is 1810. The summed E-state index contributed by atoms with van der Waals surface area (Å²) >= 11 is 5.90. The van der Waals surface area contributed by atoms with Crippen LogP contribution in [0.4, 0.5) is 4.39 Å². The van der Waals surface area contributed by atoms with Crippen molar-refractivity contribution in [2.75, 3.05) is 0 Å². The molecule has 40 heavy (non-hydrogen) atoms. The average Bonchev–Trinajstić information content (AvgIpc) is 3.33. The van der Waals surface area contributed by atoms with E-state index in [2.05, 4.69) is 32.9 Å². The molecule has 6 heterocycles. The Morgan fingerprint density at radius 2 is 2.10 bits per heavy atom. The molecule has 204 valence electrons. The number of imidazole rings is 2. The van der Waals surface area contributed by atoms with Crippen LogP contribution in [0.1, 0.15) is 83.7 Å². The van der Waals surface area contributed by atoms with Crippen molar-refractivity contribution in [2.45, 2.75) is 57.2 Å². The fraction of sp³-hybridized carbons (Fsp3) is 0.333. The number of ether oxygens (including phenoxy) is 1. The number of carbonyl (C=O) groups excluding carboxylic acids is 2. The fourth-order valence-electron chi connectivity index (χ4n) is 5.16. The third-order valence-electron chi connectivity index (χ3n) is 7.55. The Morgan fingerprint density at radius 3 is 2.88 bits per heavy atom. The molecule has 0 bridgehead atoms. The molecule has 1 saturated carbocycles. The maximum Gasteiger partial charge on any atom is 0.306 e. The Morgan fingerprint density at radius 1 is 1.25 bits per heavy atom. The smallest absolute Gasteiger partial charge is 0.306 e. The van der Waals surface area contributed by atoms with Gasteiger partial charge >= 0.3 is 5.97 Å². The van der Waals surface area contributed by atoms with Crippen LogP contribution in [-0.2, 0) is 16.1 Å². The van der Waals surface area contributed by atoms with Gasteiger partial charge in [-0.1, -0.05) is 16.8 Å². The largest absolute Gasteiger partial charge is 0.457 e. The van der Waals surface area contributed by atoms with E-state index < -0.39 is 11.7 Å². The van der Waals surface area contributed by atoms with Crippen molar-refractivity contribution < 1.29 is 18.7 Å². The van der Waals surface area contributed by atoms with Gasteiger partial charge in [-0.25, -0.2) is 19.0 Å². The summed E-state index contributed by atoms with van der Waals surface area (Å²) in [5.74, 6) is -0.745. The number of hydrogen-bond donors (Lipinski definition) is 1. The van der Waals surface area contributed by atoms with Gasteiger partial charge in [0.2, 0.25) is 0 Å². The topological polar surface area (TPSA) is 121 Å². The van der Waals surface area contributed by atoms with Crippen molar-refractivity contribution >= 4 is 34.6 Å². The number of carbonyl (C=O) groups is 2. The van der Waals surface area contributed by atoms with Crippen LogP contribution < -0.4 is 5.32 Å². The number of pyridine rings is 2. The first-order valence-electron chi connectivity index (χ1n) is 13.1. The molecule has 13 heteroatoms. The van der Waals surface area contributed by atoms with Gasteiger partial charge < -0.3 is 18.9 Å². The van der Waals surface area contributed by atoms with Gasteiger partial charge in [-0.2, -0.15) is 0 Å². The van der Waals surface area contributed by atoms with E-state index in [0.717, 1.165) is 29.7 Å². The van der Waals surface area contributed by atoms with E-state index in [0.29, 0.717) is 24.5 Å². The molecule has 1 amide bonds. The predicted molar refractivity (Wildman–Crippen MR) is 140 cm³/mol. The molecule has 0 spiro atoms. The molecule has 1 saturated heterocycles. The first kappa shape index (κ1) is 24.7. The lowest BCUT2D eigenvalue weighted by atomic mass is 10.0. The molecule has 5 aromatic rings. The number of esters is 1. The fourth-order valence-corrected chi connectivity index (χ4v) is 5.31. The maximum absolute atomic E-state index is 14.5. The zero-order chi connectivity index (χ0) is 27.5. The van der Waals surface area contributed by atoms with Crippen LogP contribution in [0.2, 0.25) is 5.02 Å². The predicted octanol–water partition coefficient (Wildman–Crippen LogP) is 4.16. The van der Waals surface area contributed by atoms with Gasteiger partial charge in [0.05, 0.1) is 41.5 Å². The van der Waals surface area contributed by atoms with E-state index in [4.69, 9.17) is 21.3 Å². The van der Waals surface area contributed by atoms with Crippen molar-refractivity contribution in [3.05, 3.63) is 82.3 Å². The van der Waals surface area contributed by atoms with E-state index in [9.17, 15) is 14.0 Å². The number of amides is 1. The first-order valence-corrected chi connectivity index (χ1v) is 13.4. The molecule has 1 aliphatic heterocycles. The van der Waals surface area contributed by atoms with Crippen molar-refractivity contribution in [3.8, 4) is 0 Å². The summed E-state index contributed by atoms with van der Waals surface area (Å²) in [4.78, 5) is 33.7. The number of rotatable bonds is 7. The number of halogens is 2. The highest BCUT2D eigenvalue weighted by atomic mass is 35.5. The third kappa shape index (κ3) is 4.28. The van der Waals surface area contributed by atoms with Gasteiger partial charge in [-0.05, 0) is 49.8 Å². The van der Waals surface area contributed by atoms with Gasteiger partial charge in [0, 0.05) is 30.6 Å². The summed E-state index contributed by atoms with van der Waals surface area (Å²) in [7, 11) is 0. The Balaban J connectivity index is 1.11. The van der Waals surface area contributed by atoms with Crippen LogP contribution in [0.15, 0.2) is 43.2 Å². The minimum atomic E-state index is -0.600. The highest BCUT2D eigenvalue weighted by Gasteiger charge is 2.31. The monoisotopic (exact) mass is 562 g/mol. The number of fused-ring (bicyclic) bond motifs is 2. The van der Waals surface area contributed by atoms with Gasteiger partial charge in [0.25, 0.3) is 5.91 Å². The highest BCUT2D eigenvalue weighted by molar-refractivity contribution is 6.31. The number of aromatic nitrogens is 7. The van der Waals surface area contributed by atoms with E-state index in [1.807, 2.05) is 17.5 Å². The van der Waals surface area contributed by atoms with Crippen molar-refractivity contribution in [3.63, 3.8) is 0 Å². The summed E-state index contributed by atoms with van der Waals surface area (Å²) in [6.07, 6.45) is 11.7. The van der Waals surface area contributed by atoms with Crippen molar-refractivity contribution in [1.29, 1.82) is 0 Å². The summed E-state index contributed by atoms with van der Waals surface area (Å²) in [6.45, 7) is 1.90. The molecule has 2 atom stereocenters. The SMILES string of the molecule is CC(c1cn2cc(C3CC3)cc(C3CCC(=O)O3)c2n1)n1cc(C(=O)NCc2ncn3ccc(Cl)c(F)c23)nn1. The van der Waals surface area contributed by atoms with Gasteiger partial charge in [-0.3, -0.25) is 9.59 Å². The summed E-state index contributed by atoms with van der Waals surface area (Å²) < 4.78 is 25.2. The second-order valence-corrected chi connectivity index (χ2v) is 10.7. The summed E-state index contributed by atoms with van der Waals surface area (Å²) in [5, 5.41) is 10.9. The first-order chi connectivity index (χ1) is 19.4. The zero-order valence-corrected chi connectivity index (χ0v) is 22.2. The second-order valence-electron chi connectivity index (χ2n) is 10.3. The third-order valence-corrected chi connectivity index (χ3v) is 7.84. The number of hydrogen-bond acceptors (Lipinski definition) is 7. The van der Waals surface area contributed by atoms with Crippen LogP contribution in [0.5, 0.6) is 0 Å². The molecule has 5 aromatic heterocycles. The molecule has 0 radical (unpaired) electrons. The van der Waals surface area contributed by atoms with Crippen LogP contribution >= 0.6 is 11.6 Å². The molecule has 1 N–H and O–H groups in total. The lowest BCUT2D eigenvalue weighted by molar-refractivity contribution is -0.141. The Labute approximate surface area is 231 Å². The second kappa shape index (κ2) is 9.40. The lowest BCUT2D eigenvalue weighted by Gasteiger charge is -2.13. The normalized spacial score (nSPS) is 18.0. The van der Waals surface area contributed by atoms with Crippen LogP contribution in [0.3, 0.4) is 0 Å². The van der Waals surface area contributed by atoms with Crippen molar-refractivity contribution in [1.82, 2.24) is 39.1 Å². The zero-order valence-electron chi connectivity index (χ0n) is 21.4. The number of nitrogens with zero attached hydrogens (tertiary/aromatic N) is 7. The minimum absolute atomic E-state index is 0.0146. The molecule has 0 aromatic carbocycles. The average molecular weight is 563 g/mol. The van der Waals surface area contributed by atoms with E-state index in [-0.39, 0.29) is 40.9 Å². The van der Waals surface area contributed by atoms with E-state index in [1.165, 1.54) is 22.4 Å². The highest BCUT2D eigenvalue weighted by Crippen LogP contribution is 2.42. The summed E-state index contributed by atoms with van der Waals surface area (Å²) in [5.41, 5.74) is 4.25. The molecule has 2 unspecified atom stereocenters. The molecule has 2 aliphatic rings. The van der Waals surface area contributed by atoms with Crippen LogP contribution in [0, 0.1) is 5.82 Å². The van der Waals surface area contributed by atoms with E-state index >= 15 is 0 Å².